The van der Waals surface area contributed by atoms with Gasteiger partial charge in [-0.2, -0.15) is 0 Å². The maximum Gasteiger partial charge on any atom is 0.244 e. The third-order valence-corrected chi connectivity index (χ3v) is 6.63. The molecule has 5 N–H and O–H groups in total. The van der Waals surface area contributed by atoms with Crippen molar-refractivity contribution in [1.29, 1.82) is 0 Å². The number of benzene rings is 2. The summed E-state index contributed by atoms with van der Waals surface area (Å²) in [6.07, 6.45) is 1.70. The number of aryl methyl sites for hydroxylation is 1. The summed E-state index contributed by atoms with van der Waals surface area (Å²) < 4.78 is 6.02. The second-order valence-corrected chi connectivity index (χ2v) is 10.1. The number of para-hydroxylation sites is 1. The molecule has 9 nitrogen and oxygen atoms in total. The Kier molecular flexibility index (Phi) is 11.4. The van der Waals surface area contributed by atoms with E-state index < -0.39 is 36.5 Å². The molecule has 0 aromatic heterocycles. The molecule has 2 aromatic carbocycles. The molecule has 3 atom stereocenters. The Hall–Kier alpha value is -3.14. The maximum absolute atomic E-state index is 13.4. The molecular weight excluding hydrogens is 508 g/mol. The highest BCUT2D eigenvalue weighted by molar-refractivity contribution is 6.30. The zero-order valence-corrected chi connectivity index (χ0v) is 22.6. The Bertz CT molecular complexity index is 1080. The first-order valence-electron chi connectivity index (χ1n) is 13.0. The minimum atomic E-state index is -1.13. The van der Waals surface area contributed by atoms with E-state index in [4.69, 9.17) is 16.3 Å². The molecule has 0 saturated carbocycles. The van der Waals surface area contributed by atoms with Gasteiger partial charge in [-0.05, 0) is 54.5 Å². The quantitative estimate of drug-likeness (QED) is 0.398. The average Bonchev–Trinajstić information content (AvgIpc) is 2.90. The Morgan fingerprint density at radius 3 is 2.39 bits per heavy atom. The van der Waals surface area contributed by atoms with Crippen LogP contribution in [0.4, 0.5) is 0 Å². The highest BCUT2D eigenvalue weighted by Gasteiger charge is 2.30. The molecule has 0 fully saturated rings. The van der Waals surface area contributed by atoms with Crippen molar-refractivity contribution in [3.8, 4) is 5.75 Å². The lowest BCUT2D eigenvalue weighted by atomic mass is 10.0. The van der Waals surface area contributed by atoms with Gasteiger partial charge >= 0.3 is 0 Å². The third-order valence-electron chi connectivity index (χ3n) is 6.38. The van der Waals surface area contributed by atoms with Gasteiger partial charge in [-0.25, -0.2) is 0 Å². The van der Waals surface area contributed by atoms with Gasteiger partial charge in [-0.3, -0.25) is 14.4 Å². The van der Waals surface area contributed by atoms with Gasteiger partial charge in [-0.15, -0.1) is 0 Å². The van der Waals surface area contributed by atoms with E-state index in [0.717, 1.165) is 16.9 Å². The fourth-order valence-corrected chi connectivity index (χ4v) is 4.34. The predicted octanol–water partition coefficient (Wildman–Crippen LogP) is 1.60. The van der Waals surface area contributed by atoms with Crippen LogP contribution in [-0.4, -0.2) is 67.3 Å². The smallest absolute Gasteiger partial charge is 0.244 e. The summed E-state index contributed by atoms with van der Waals surface area (Å²) in [4.78, 5) is 39.1. The molecule has 0 spiro atoms. The van der Waals surface area contributed by atoms with Crippen LogP contribution >= 0.6 is 11.6 Å². The zero-order valence-electron chi connectivity index (χ0n) is 21.8. The van der Waals surface area contributed by atoms with Gasteiger partial charge < -0.3 is 31.1 Å². The summed E-state index contributed by atoms with van der Waals surface area (Å²) >= 11 is 6.02. The van der Waals surface area contributed by atoms with Crippen LogP contribution in [0.25, 0.3) is 0 Å². The zero-order chi connectivity index (χ0) is 27.5. The van der Waals surface area contributed by atoms with E-state index in [2.05, 4.69) is 21.3 Å². The van der Waals surface area contributed by atoms with Crippen LogP contribution in [0.1, 0.15) is 31.4 Å². The van der Waals surface area contributed by atoms with Crippen LogP contribution in [0.2, 0.25) is 5.02 Å². The van der Waals surface area contributed by atoms with E-state index in [9.17, 15) is 19.5 Å². The highest BCUT2D eigenvalue weighted by atomic mass is 35.5. The molecule has 0 saturated heterocycles. The number of amides is 3. The van der Waals surface area contributed by atoms with Gasteiger partial charge in [0.1, 0.15) is 24.4 Å². The number of fused-ring (bicyclic) bond motifs is 1. The van der Waals surface area contributed by atoms with E-state index in [0.29, 0.717) is 44.0 Å². The van der Waals surface area contributed by atoms with Crippen LogP contribution in [0, 0.1) is 5.92 Å². The molecule has 0 bridgehead atoms. The van der Waals surface area contributed by atoms with Crippen molar-refractivity contribution >= 4 is 29.3 Å². The summed E-state index contributed by atoms with van der Waals surface area (Å²) in [7, 11) is 0. The van der Waals surface area contributed by atoms with Gasteiger partial charge in [-0.1, -0.05) is 55.8 Å². The van der Waals surface area contributed by atoms with Crippen molar-refractivity contribution < 1.29 is 24.2 Å². The first-order valence-corrected chi connectivity index (χ1v) is 13.3. The summed E-state index contributed by atoms with van der Waals surface area (Å²) in [5.41, 5.74) is 1.91. The van der Waals surface area contributed by atoms with E-state index in [1.165, 1.54) is 0 Å². The third kappa shape index (κ3) is 8.72. The van der Waals surface area contributed by atoms with E-state index >= 15 is 0 Å². The molecule has 3 rings (SSSR count). The fourth-order valence-electron chi connectivity index (χ4n) is 4.22. The van der Waals surface area contributed by atoms with Crippen LogP contribution in [-0.2, 0) is 27.2 Å². The summed E-state index contributed by atoms with van der Waals surface area (Å²) in [5.74, 6) is -0.891. The Labute approximate surface area is 228 Å². The van der Waals surface area contributed by atoms with E-state index in [-0.39, 0.29) is 11.8 Å². The molecule has 10 heteroatoms. The number of nitrogens with one attached hydrogen (secondary N) is 4. The number of hydrogen-bond acceptors (Lipinski definition) is 6. The molecule has 38 heavy (non-hydrogen) atoms. The molecule has 206 valence electrons. The second-order valence-electron chi connectivity index (χ2n) is 9.66. The lowest BCUT2D eigenvalue weighted by Crippen LogP contribution is -2.59. The molecule has 2 aromatic rings. The highest BCUT2D eigenvalue weighted by Crippen LogP contribution is 2.19. The second kappa shape index (κ2) is 14.7. The maximum atomic E-state index is 13.4. The lowest BCUT2D eigenvalue weighted by molar-refractivity contribution is -0.134. The van der Waals surface area contributed by atoms with Crippen LogP contribution in [0.3, 0.4) is 0 Å². The summed E-state index contributed by atoms with van der Waals surface area (Å²) in [5, 5.41) is 21.8. The van der Waals surface area contributed by atoms with Gasteiger partial charge in [0.05, 0.1) is 12.6 Å². The van der Waals surface area contributed by atoms with Crippen molar-refractivity contribution in [2.45, 2.75) is 51.2 Å². The number of aliphatic hydroxyl groups excluding tert-OH is 1. The Balaban J connectivity index is 1.84. The van der Waals surface area contributed by atoms with Gasteiger partial charge in [0.2, 0.25) is 17.7 Å². The van der Waals surface area contributed by atoms with Crippen molar-refractivity contribution in [1.82, 2.24) is 21.3 Å². The first kappa shape index (κ1) is 29.4. The minimum absolute atomic E-state index is 0.261. The molecular formula is C28H37ClN4O5. The number of rotatable bonds is 4. The normalized spacial score (nSPS) is 22.2. The van der Waals surface area contributed by atoms with E-state index in [1.807, 2.05) is 36.4 Å². The van der Waals surface area contributed by atoms with Crippen LogP contribution < -0.4 is 26.0 Å². The number of halogens is 1. The average molecular weight is 545 g/mol. The van der Waals surface area contributed by atoms with Crippen molar-refractivity contribution in [2.24, 2.45) is 5.92 Å². The van der Waals surface area contributed by atoms with Gasteiger partial charge in [0.25, 0.3) is 0 Å². The fraction of sp³-hybridized carbons (Fsp3) is 0.464. The monoisotopic (exact) mass is 544 g/mol. The molecule has 0 radical (unpaired) electrons. The molecule has 1 aliphatic rings. The Morgan fingerprint density at radius 2 is 1.68 bits per heavy atom. The molecule has 3 amide bonds. The lowest BCUT2D eigenvalue weighted by Gasteiger charge is -2.27. The molecule has 0 unspecified atom stereocenters. The SMILES string of the molecule is CC(C)[C@H]1NC(=O)[C@@H](Cc2ccc(Cl)cc2)NCCOc2ccccc2CCCNC(=O)[C@H](CO)NC1=O. The number of ether oxygens (including phenoxy) is 1. The Morgan fingerprint density at radius 1 is 0.947 bits per heavy atom. The predicted molar refractivity (Wildman–Crippen MR) is 146 cm³/mol. The number of carbonyl (C=O) groups is 3. The van der Waals surface area contributed by atoms with Crippen LogP contribution in [0.15, 0.2) is 48.5 Å². The number of aliphatic hydroxyl groups is 1. The molecule has 1 aliphatic heterocycles. The topological polar surface area (TPSA) is 129 Å². The van der Waals surface area contributed by atoms with Crippen molar-refractivity contribution in [3.05, 3.63) is 64.7 Å². The first-order chi connectivity index (χ1) is 18.3. The molecule has 1 heterocycles. The van der Waals surface area contributed by atoms with Crippen LogP contribution in [0.5, 0.6) is 5.75 Å². The summed E-state index contributed by atoms with van der Waals surface area (Å²) in [6.45, 7) is 4.16. The van der Waals surface area contributed by atoms with Crippen molar-refractivity contribution in [2.75, 3.05) is 26.3 Å². The van der Waals surface area contributed by atoms with Gasteiger partial charge in [0.15, 0.2) is 0 Å². The summed E-state index contributed by atoms with van der Waals surface area (Å²) in [6, 6.07) is 12.3. The standard InChI is InChI=1S/C28H37ClN4O5/c1-18(2)25-28(37)32-23(17-34)26(35)31-13-5-7-20-6-3-4-8-24(20)38-15-14-30-22(27(36)33-25)16-19-9-11-21(29)12-10-19/h3-4,6,8-12,18,22-23,25,30,34H,5,7,13-17H2,1-2H3,(H,31,35)(H,32,37)(H,33,36)/t22-,23+,25-/m1/s1. The minimum Gasteiger partial charge on any atom is -0.492 e. The van der Waals surface area contributed by atoms with Crippen molar-refractivity contribution in [3.63, 3.8) is 0 Å². The molecule has 0 aliphatic carbocycles. The van der Waals surface area contributed by atoms with Gasteiger partial charge in [0, 0.05) is 18.1 Å². The van der Waals surface area contributed by atoms with E-state index in [1.54, 1.807) is 26.0 Å². The number of carbonyl (C=O) groups excluding carboxylic acids is 3. The largest absolute Gasteiger partial charge is 0.492 e. The number of hydrogen-bond donors (Lipinski definition) is 5.